The predicted molar refractivity (Wildman–Crippen MR) is 89.4 cm³/mol. The summed E-state index contributed by atoms with van der Waals surface area (Å²) in [5, 5.41) is 0. The van der Waals surface area contributed by atoms with Crippen LogP contribution in [0.3, 0.4) is 0 Å². The molecule has 1 aliphatic heterocycles. The molecule has 0 saturated heterocycles. The van der Waals surface area contributed by atoms with Crippen LogP contribution < -0.4 is 9.64 Å². The first kappa shape index (κ1) is 15.3. The molecule has 4 heteroatoms. The molecule has 0 aliphatic carbocycles. The van der Waals surface area contributed by atoms with Crippen molar-refractivity contribution < 1.29 is 14.3 Å². The van der Waals surface area contributed by atoms with Crippen LogP contribution in [0.5, 0.6) is 5.75 Å². The van der Waals surface area contributed by atoms with Crippen molar-refractivity contribution in [2.75, 3.05) is 18.6 Å². The summed E-state index contributed by atoms with van der Waals surface area (Å²) in [7, 11) is 1.56. The molecule has 1 aliphatic rings. The van der Waals surface area contributed by atoms with E-state index < -0.39 is 0 Å². The van der Waals surface area contributed by atoms with Gasteiger partial charge >= 0.3 is 0 Å². The minimum Gasteiger partial charge on any atom is -0.496 e. The van der Waals surface area contributed by atoms with Gasteiger partial charge in [0.2, 0.25) is 0 Å². The van der Waals surface area contributed by atoms with E-state index in [1.54, 1.807) is 24.1 Å². The summed E-state index contributed by atoms with van der Waals surface area (Å²) in [5.74, 6) is 0.472. The first-order valence-corrected chi connectivity index (χ1v) is 7.70. The molecule has 0 fully saturated rings. The van der Waals surface area contributed by atoms with Crippen LogP contribution in [0.4, 0.5) is 5.69 Å². The van der Waals surface area contributed by atoms with Gasteiger partial charge in [-0.25, -0.2) is 0 Å². The maximum absolute atomic E-state index is 13.0. The van der Waals surface area contributed by atoms with Crippen molar-refractivity contribution in [1.82, 2.24) is 0 Å². The minimum absolute atomic E-state index is 0.00284. The number of methoxy groups -OCH3 is 1. The third-order valence-electron chi connectivity index (χ3n) is 4.19. The highest BCUT2D eigenvalue weighted by molar-refractivity contribution is 6.09. The summed E-state index contributed by atoms with van der Waals surface area (Å²) in [6.07, 6.45) is 1.83. The topological polar surface area (TPSA) is 46.6 Å². The van der Waals surface area contributed by atoms with Crippen LogP contribution in [-0.4, -0.2) is 25.3 Å². The van der Waals surface area contributed by atoms with Crippen molar-refractivity contribution in [3.63, 3.8) is 0 Å². The van der Waals surface area contributed by atoms with Gasteiger partial charge in [-0.3, -0.25) is 9.59 Å². The molecule has 2 aromatic rings. The molecule has 2 aromatic carbocycles. The molecule has 0 atom stereocenters. The van der Waals surface area contributed by atoms with E-state index in [9.17, 15) is 9.59 Å². The number of hydrogen-bond donors (Lipinski definition) is 0. The lowest BCUT2D eigenvalue weighted by molar-refractivity contribution is 0.0978. The molecule has 0 radical (unpaired) electrons. The molecule has 0 N–H and O–H groups in total. The number of anilines is 1. The molecule has 0 spiro atoms. The average Bonchev–Trinajstić information content (AvgIpc) is 2.60. The van der Waals surface area contributed by atoms with Crippen LogP contribution in [0.15, 0.2) is 42.5 Å². The summed E-state index contributed by atoms with van der Waals surface area (Å²) in [6.45, 7) is 2.18. The van der Waals surface area contributed by atoms with Gasteiger partial charge < -0.3 is 9.64 Å². The van der Waals surface area contributed by atoms with Crippen molar-refractivity contribution >= 4 is 17.4 Å². The Morgan fingerprint density at radius 3 is 2.65 bits per heavy atom. The van der Waals surface area contributed by atoms with E-state index in [0.29, 0.717) is 23.4 Å². The van der Waals surface area contributed by atoms with Gasteiger partial charge in [-0.1, -0.05) is 24.3 Å². The Kier molecular flexibility index (Phi) is 4.15. The summed E-state index contributed by atoms with van der Waals surface area (Å²) in [6, 6.07) is 12.8. The van der Waals surface area contributed by atoms with Gasteiger partial charge in [-0.2, -0.15) is 0 Å². The SMILES string of the molecule is COc1ccccc1C(=O)N1CCCc2ccc(C(C)=O)cc21. The smallest absolute Gasteiger partial charge is 0.262 e. The Balaban J connectivity index is 2.04. The van der Waals surface area contributed by atoms with Gasteiger partial charge in [0.05, 0.1) is 12.7 Å². The van der Waals surface area contributed by atoms with Gasteiger partial charge in [-0.05, 0) is 43.5 Å². The summed E-state index contributed by atoms with van der Waals surface area (Å²) >= 11 is 0. The number of aryl methyl sites for hydroxylation is 1. The fourth-order valence-electron chi connectivity index (χ4n) is 2.97. The maximum atomic E-state index is 13.0. The number of para-hydroxylation sites is 1. The number of carbonyl (C=O) groups is 2. The number of amides is 1. The number of rotatable bonds is 3. The van der Waals surface area contributed by atoms with Crippen molar-refractivity contribution in [2.45, 2.75) is 19.8 Å². The monoisotopic (exact) mass is 309 g/mol. The Hall–Kier alpha value is -2.62. The van der Waals surface area contributed by atoms with Crippen LogP contribution in [0.2, 0.25) is 0 Å². The second-order valence-corrected chi connectivity index (χ2v) is 5.66. The second kappa shape index (κ2) is 6.24. The highest BCUT2D eigenvalue weighted by atomic mass is 16.5. The van der Waals surface area contributed by atoms with E-state index in [4.69, 9.17) is 4.74 Å². The van der Waals surface area contributed by atoms with Gasteiger partial charge in [0.15, 0.2) is 5.78 Å². The number of Topliss-reactive ketones (excluding diaryl/α,β-unsaturated/α-hetero) is 1. The zero-order chi connectivity index (χ0) is 16.4. The zero-order valence-electron chi connectivity index (χ0n) is 13.3. The van der Waals surface area contributed by atoms with Crippen molar-refractivity contribution in [3.05, 3.63) is 59.2 Å². The Labute approximate surface area is 135 Å². The van der Waals surface area contributed by atoms with E-state index in [-0.39, 0.29) is 11.7 Å². The van der Waals surface area contributed by atoms with Crippen LogP contribution in [0.25, 0.3) is 0 Å². The average molecular weight is 309 g/mol. The number of ketones is 1. The Bertz CT molecular complexity index is 767. The van der Waals surface area contributed by atoms with Gasteiger partial charge in [0.25, 0.3) is 5.91 Å². The number of ether oxygens (including phenoxy) is 1. The summed E-state index contributed by atoms with van der Waals surface area (Å²) in [5.41, 5.74) is 3.10. The number of fused-ring (bicyclic) bond motifs is 1. The predicted octanol–water partition coefficient (Wildman–Crippen LogP) is 3.49. The van der Waals surface area contributed by atoms with Crippen LogP contribution in [0.1, 0.15) is 39.6 Å². The summed E-state index contributed by atoms with van der Waals surface area (Å²) < 4.78 is 5.31. The van der Waals surface area contributed by atoms with Gasteiger partial charge in [0, 0.05) is 17.8 Å². The van der Waals surface area contributed by atoms with E-state index in [1.807, 2.05) is 30.3 Å². The highest BCUT2D eigenvalue weighted by Gasteiger charge is 2.26. The van der Waals surface area contributed by atoms with Crippen LogP contribution in [-0.2, 0) is 6.42 Å². The normalized spacial score (nSPS) is 13.4. The van der Waals surface area contributed by atoms with Crippen LogP contribution in [0, 0.1) is 0 Å². The number of carbonyl (C=O) groups excluding carboxylic acids is 2. The molecule has 0 aromatic heterocycles. The van der Waals surface area contributed by atoms with E-state index in [1.165, 1.54) is 6.92 Å². The number of benzene rings is 2. The Morgan fingerprint density at radius 1 is 1.13 bits per heavy atom. The molecule has 1 amide bonds. The standard InChI is InChI=1S/C19H19NO3/c1-13(21)15-10-9-14-6-5-11-20(17(14)12-15)19(22)16-7-3-4-8-18(16)23-2/h3-4,7-10,12H,5-6,11H2,1-2H3. The van der Waals surface area contributed by atoms with Gasteiger partial charge in [-0.15, -0.1) is 0 Å². The molecule has 1 heterocycles. The Morgan fingerprint density at radius 2 is 1.91 bits per heavy atom. The van der Waals surface area contributed by atoms with E-state index in [0.717, 1.165) is 24.1 Å². The third kappa shape index (κ3) is 2.84. The fourth-order valence-corrected chi connectivity index (χ4v) is 2.97. The first-order chi connectivity index (χ1) is 11.1. The summed E-state index contributed by atoms with van der Waals surface area (Å²) in [4.78, 5) is 26.4. The molecule has 118 valence electrons. The molecule has 3 rings (SSSR count). The quantitative estimate of drug-likeness (QED) is 0.815. The fraction of sp³-hybridized carbons (Fsp3) is 0.263. The maximum Gasteiger partial charge on any atom is 0.262 e. The molecular weight excluding hydrogens is 290 g/mol. The lowest BCUT2D eigenvalue weighted by atomic mass is 9.97. The first-order valence-electron chi connectivity index (χ1n) is 7.70. The van der Waals surface area contributed by atoms with E-state index in [2.05, 4.69) is 0 Å². The van der Waals surface area contributed by atoms with Gasteiger partial charge in [0.1, 0.15) is 5.75 Å². The molecule has 0 bridgehead atoms. The number of nitrogens with zero attached hydrogens (tertiary/aromatic N) is 1. The molecule has 4 nitrogen and oxygen atoms in total. The molecular formula is C19H19NO3. The minimum atomic E-state index is -0.0934. The molecule has 0 saturated carbocycles. The van der Waals surface area contributed by atoms with Crippen LogP contribution >= 0.6 is 0 Å². The lowest BCUT2D eigenvalue weighted by Crippen LogP contribution is -2.35. The zero-order valence-corrected chi connectivity index (χ0v) is 13.3. The second-order valence-electron chi connectivity index (χ2n) is 5.66. The molecule has 0 unspecified atom stereocenters. The number of hydrogen-bond acceptors (Lipinski definition) is 3. The largest absolute Gasteiger partial charge is 0.496 e. The van der Waals surface area contributed by atoms with Crippen molar-refractivity contribution in [2.24, 2.45) is 0 Å². The molecule has 23 heavy (non-hydrogen) atoms. The third-order valence-corrected chi connectivity index (χ3v) is 4.19. The lowest BCUT2D eigenvalue weighted by Gasteiger charge is -2.30. The highest BCUT2D eigenvalue weighted by Crippen LogP contribution is 2.31. The van der Waals surface area contributed by atoms with Crippen molar-refractivity contribution in [3.8, 4) is 5.75 Å². The van der Waals surface area contributed by atoms with Crippen molar-refractivity contribution in [1.29, 1.82) is 0 Å². The van der Waals surface area contributed by atoms with E-state index >= 15 is 0 Å².